The highest BCUT2D eigenvalue weighted by atomic mass is 32.1. The maximum Gasteiger partial charge on any atom is 0.0755 e. The summed E-state index contributed by atoms with van der Waals surface area (Å²) in [6, 6.07) is 0.726. The van der Waals surface area contributed by atoms with Gasteiger partial charge in [-0.1, -0.05) is 25.1 Å². The highest BCUT2D eigenvalue weighted by Crippen LogP contribution is 2.30. The predicted octanol–water partition coefficient (Wildman–Crippen LogP) is 2.26. The fourth-order valence-electron chi connectivity index (χ4n) is 2.32. The van der Waals surface area contributed by atoms with Gasteiger partial charge in [0.1, 0.15) is 0 Å². The molecule has 0 spiro atoms. The summed E-state index contributed by atoms with van der Waals surface area (Å²) in [5.41, 5.74) is 0. The first-order valence-electron chi connectivity index (χ1n) is 4.64. The molecule has 62 valence electrons. The zero-order chi connectivity index (χ0) is 7.68. The van der Waals surface area contributed by atoms with Gasteiger partial charge in [0.2, 0.25) is 0 Å². The molecule has 2 fully saturated rings. The number of hydrogen-bond donors (Lipinski definition) is 1. The van der Waals surface area contributed by atoms with E-state index >= 15 is 0 Å². The summed E-state index contributed by atoms with van der Waals surface area (Å²) in [6.45, 7) is 0. The maximum atomic E-state index is 5.21. The van der Waals surface area contributed by atoms with E-state index in [1.54, 1.807) is 0 Å². The molecule has 2 atom stereocenters. The summed E-state index contributed by atoms with van der Waals surface area (Å²) in [4.78, 5) is 1.11. The van der Waals surface area contributed by atoms with Crippen molar-refractivity contribution in [1.29, 1.82) is 0 Å². The largest absolute Gasteiger partial charge is 0.377 e. The lowest BCUT2D eigenvalue weighted by Gasteiger charge is -2.26. The summed E-state index contributed by atoms with van der Waals surface area (Å²) in [5, 5.41) is 3.44. The van der Waals surface area contributed by atoms with Crippen LogP contribution in [0.15, 0.2) is 0 Å². The SMILES string of the molecule is S=C1CCC2CCC[C@H](C2)N1. The zero-order valence-electron chi connectivity index (χ0n) is 6.81. The standard InChI is InChI=1S/C9H15NS/c11-9-5-4-7-2-1-3-8(6-7)10-9/h7-8H,1-6H2,(H,10,11)/t7?,8-/m1/s1. The van der Waals surface area contributed by atoms with Gasteiger partial charge in [-0.2, -0.15) is 0 Å². The number of hydrogen-bond acceptors (Lipinski definition) is 1. The van der Waals surface area contributed by atoms with Crippen LogP contribution in [0.2, 0.25) is 0 Å². The normalized spacial score (nSPS) is 37.6. The lowest BCUT2D eigenvalue weighted by Crippen LogP contribution is -2.33. The van der Waals surface area contributed by atoms with Gasteiger partial charge in [0.15, 0.2) is 0 Å². The molecule has 2 bridgehead atoms. The average Bonchev–Trinajstić information content (AvgIpc) is 2.12. The van der Waals surface area contributed by atoms with E-state index in [4.69, 9.17) is 12.2 Å². The van der Waals surface area contributed by atoms with E-state index in [1.807, 2.05) is 0 Å². The van der Waals surface area contributed by atoms with Gasteiger partial charge in [-0.25, -0.2) is 0 Å². The van der Waals surface area contributed by atoms with E-state index < -0.39 is 0 Å². The second kappa shape index (κ2) is 3.10. The summed E-state index contributed by atoms with van der Waals surface area (Å²) >= 11 is 5.21. The van der Waals surface area contributed by atoms with Crippen molar-refractivity contribution in [2.45, 2.75) is 44.6 Å². The third-order valence-electron chi connectivity index (χ3n) is 2.93. The van der Waals surface area contributed by atoms with Gasteiger partial charge in [-0.05, 0) is 31.6 Å². The van der Waals surface area contributed by atoms with Crippen molar-refractivity contribution >= 4 is 17.2 Å². The van der Waals surface area contributed by atoms with Gasteiger partial charge in [0, 0.05) is 6.04 Å². The Bertz CT molecular complexity index is 167. The van der Waals surface area contributed by atoms with Crippen LogP contribution in [-0.2, 0) is 0 Å². The Morgan fingerprint density at radius 1 is 1.27 bits per heavy atom. The third-order valence-corrected chi connectivity index (χ3v) is 3.25. The maximum absolute atomic E-state index is 5.21. The quantitative estimate of drug-likeness (QED) is 0.558. The molecule has 2 aliphatic rings. The van der Waals surface area contributed by atoms with Crippen LogP contribution in [-0.4, -0.2) is 11.0 Å². The summed E-state index contributed by atoms with van der Waals surface area (Å²) in [7, 11) is 0. The Balaban J connectivity index is 2.04. The first kappa shape index (κ1) is 7.53. The van der Waals surface area contributed by atoms with Crippen LogP contribution in [0.5, 0.6) is 0 Å². The lowest BCUT2D eigenvalue weighted by molar-refractivity contribution is 0.310. The minimum Gasteiger partial charge on any atom is -0.377 e. The molecule has 0 radical (unpaired) electrons. The molecule has 1 aliphatic heterocycles. The molecular formula is C9H15NS. The van der Waals surface area contributed by atoms with Crippen molar-refractivity contribution in [2.24, 2.45) is 5.92 Å². The molecule has 0 aromatic carbocycles. The van der Waals surface area contributed by atoms with Gasteiger partial charge in [0.25, 0.3) is 0 Å². The summed E-state index contributed by atoms with van der Waals surface area (Å²) in [5.74, 6) is 0.974. The molecule has 0 amide bonds. The smallest absolute Gasteiger partial charge is 0.0755 e. The number of fused-ring (bicyclic) bond motifs is 2. The van der Waals surface area contributed by atoms with Crippen LogP contribution in [0.4, 0.5) is 0 Å². The van der Waals surface area contributed by atoms with Crippen molar-refractivity contribution in [1.82, 2.24) is 5.32 Å². The summed E-state index contributed by atoms with van der Waals surface area (Å²) < 4.78 is 0. The number of thiocarbonyl (C=S) groups is 1. The van der Waals surface area contributed by atoms with E-state index in [0.29, 0.717) is 0 Å². The first-order valence-corrected chi connectivity index (χ1v) is 5.05. The molecule has 11 heavy (non-hydrogen) atoms. The molecule has 1 saturated heterocycles. The Morgan fingerprint density at radius 2 is 2.18 bits per heavy atom. The molecule has 2 rings (SSSR count). The molecular weight excluding hydrogens is 154 g/mol. The van der Waals surface area contributed by atoms with Crippen molar-refractivity contribution in [2.75, 3.05) is 0 Å². The first-order chi connectivity index (χ1) is 5.34. The molecule has 1 nitrogen and oxygen atoms in total. The zero-order valence-corrected chi connectivity index (χ0v) is 7.62. The molecule has 1 saturated carbocycles. The predicted molar refractivity (Wildman–Crippen MR) is 50.7 cm³/mol. The molecule has 2 heteroatoms. The van der Waals surface area contributed by atoms with Crippen LogP contribution in [0.1, 0.15) is 38.5 Å². The molecule has 0 aromatic heterocycles. The molecule has 1 aliphatic carbocycles. The monoisotopic (exact) mass is 169 g/mol. The fraction of sp³-hybridized carbons (Fsp3) is 0.889. The van der Waals surface area contributed by atoms with Crippen LogP contribution in [0.3, 0.4) is 0 Å². The fourth-order valence-corrected chi connectivity index (χ4v) is 2.60. The Hall–Kier alpha value is -0.110. The second-order valence-electron chi connectivity index (χ2n) is 3.84. The van der Waals surface area contributed by atoms with E-state index in [0.717, 1.165) is 23.4 Å². The molecule has 0 aromatic rings. The van der Waals surface area contributed by atoms with E-state index in [1.165, 1.54) is 32.1 Å². The van der Waals surface area contributed by atoms with Crippen molar-refractivity contribution in [3.63, 3.8) is 0 Å². The van der Waals surface area contributed by atoms with E-state index in [-0.39, 0.29) is 0 Å². The van der Waals surface area contributed by atoms with Gasteiger partial charge in [0.05, 0.1) is 4.99 Å². The van der Waals surface area contributed by atoms with Crippen LogP contribution < -0.4 is 5.32 Å². The number of nitrogens with one attached hydrogen (secondary N) is 1. The lowest BCUT2D eigenvalue weighted by atomic mass is 9.85. The Morgan fingerprint density at radius 3 is 3.09 bits per heavy atom. The van der Waals surface area contributed by atoms with E-state index in [2.05, 4.69) is 5.32 Å². The molecule has 1 N–H and O–H groups in total. The van der Waals surface area contributed by atoms with Gasteiger partial charge in [-0.15, -0.1) is 0 Å². The van der Waals surface area contributed by atoms with E-state index in [9.17, 15) is 0 Å². The van der Waals surface area contributed by atoms with Crippen LogP contribution in [0, 0.1) is 5.92 Å². The van der Waals surface area contributed by atoms with Gasteiger partial charge in [-0.3, -0.25) is 0 Å². The van der Waals surface area contributed by atoms with Crippen LogP contribution in [0.25, 0.3) is 0 Å². The highest BCUT2D eigenvalue weighted by Gasteiger charge is 2.25. The number of rotatable bonds is 0. The topological polar surface area (TPSA) is 12.0 Å². The average molecular weight is 169 g/mol. The second-order valence-corrected chi connectivity index (χ2v) is 4.33. The van der Waals surface area contributed by atoms with Gasteiger partial charge < -0.3 is 5.32 Å². The third kappa shape index (κ3) is 1.73. The van der Waals surface area contributed by atoms with Crippen molar-refractivity contribution in [3.05, 3.63) is 0 Å². The van der Waals surface area contributed by atoms with Gasteiger partial charge >= 0.3 is 0 Å². The Labute approximate surface area is 73.6 Å². The van der Waals surface area contributed by atoms with Crippen molar-refractivity contribution < 1.29 is 0 Å². The Kier molecular flexibility index (Phi) is 2.12. The van der Waals surface area contributed by atoms with Crippen LogP contribution >= 0.6 is 12.2 Å². The summed E-state index contributed by atoms with van der Waals surface area (Å²) in [6.07, 6.45) is 8.04. The van der Waals surface area contributed by atoms with Crippen molar-refractivity contribution in [3.8, 4) is 0 Å². The highest BCUT2D eigenvalue weighted by molar-refractivity contribution is 7.80. The minimum absolute atomic E-state index is 0.726. The minimum atomic E-state index is 0.726. The molecule has 1 heterocycles. The molecule has 1 unspecified atom stereocenters.